The zero-order chi connectivity index (χ0) is 21.6. The standard InChI is InChI=1S/C24H36N4O3/c1-26(24(30)18-27-11-10-19-4-2-3-5-20(19)16-27)17-23(29)25-21-6-8-22(9-7-21)28-12-14-31-15-13-28/h6-9,19-20H,2-5,10-18H2,1H3,(H,25,29)/t19-,20+/m0/s1. The third kappa shape index (κ3) is 5.98. The first-order valence-corrected chi connectivity index (χ1v) is 11.8. The minimum Gasteiger partial charge on any atom is -0.378 e. The van der Waals surface area contributed by atoms with E-state index in [1.807, 2.05) is 24.3 Å². The van der Waals surface area contributed by atoms with Gasteiger partial charge in [-0.3, -0.25) is 14.5 Å². The van der Waals surface area contributed by atoms with E-state index in [2.05, 4.69) is 15.1 Å². The molecule has 0 bridgehead atoms. The molecule has 0 spiro atoms. The van der Waals surface area contributed by atoms with Crippen molar-refractivity contribution in [1.82, 2.24) is 9.80 Å². The van der Waals surface area contributed by atoms with Crippen molar-refractivity contribution in [3.05, 3.63) is 24.3 Å². The Hall–Kier alpha value is -2.12. The average molecular weight is 429 g/mol. The van der Waals surface area contributed by atoms with Crippen LogP contribution in [0.4, 0.5) is 11.4 Å². The summed E-state index contributed by atoms with van der Waals surface area (Å²) in [4.78, 5) is 31.2. The molecule has 1 aliphatic carbocycles. The second-order valence-corrected chi connectivity index (χ2v) is 9.27. The van der Waals surface area contributed by atoms with E-state index in [4.69, 9.17) is 4.74 Å². The van der Waals surface area contributed by atoms with E-state index >= 15 is 0 Å². The fourth-order valence-electron chi connectivity index (χ4n) is 5.21. The van der Waals surface area contributed by atoms with Crippen molar-refractivity contribution in [2.45, 2.75) is 32.1 Å². The van der Waals surface area contributed by atoms with Gasteiger partial charge in [-0.1, -0.05) is 19.3 Å². The number of likely N-dealkylation sites (tertiary alicyclic amines) is 1. The van der Waals surface area contributed by atoms with Gasteiger partial charge in [0.1, 0.15) is 0 Å². The van der Waals surface area contributed by atoms with Crippen LogP contribution in [-0.2, 0) is 14.3 Å². The highest BCUT2D eigenvalue weighted by Gasteiger charge is 2.32. The summed E-state index contributed by atoms with van der Waals surface area (Å²) < 4.78 is 5.39. The molecule has 0 radical (unpaired) electrons. The topological polar surface area (TPSA) is 65.1 Å². The molecular weight excluding hydrogens is 392 g/mol. The maximum atomic E-state index is 12.7. The van der Waals surface area contributed by atoms with Crippen LogP contribution in [0.2, 0.25) is 0 Å². The number of piperidine rings is 1. The Morgan fingerprint density at radius 1 is 1.03 bits per heavy atom. The number of nitrogens with zero attached hydrogens (tertiary/aromatic N) is 3. The molecular formula is C24H36N4O3. The highest BCUT2D eigenvalue weighted by molar-refractivity contribution is 5.94. The van der Waals surface area contributed by atoms with Crippen molar-refractivity contribution in [1.29, 1.82) is 0 Å². The van der Waals surface area contributed by atoms with Crippen molar-refractivity contribution in [3.8, 4) is 0 Å². The SMILES string of the molecule is CN(CC(=O)Nc1ccc(N2CCOCC2)cc1)C(=O)CN1CC[C@@H]2CCCC[C@@H]2C1. The number of amides is 2. The van der Waals surface area contributed by atoms with E-state index in [1.54, 1.807) is 11.9 Å². The van der Waals surface area contributed by atoms with E-state index in [-0.39, 0.29) is 18.4 Å². The molecule has 3 aliphatic rings. The van der Waals surface area contributed by atoms with Gasteiger partial charge in [0.2, 0.25) is 11.8 Å². The summed E-state index contributed by atoms with van der Waals surface area (Å²) in [5.41, 5.74) is 1.89. The summed E-state index contributed by atoms with van der Waals surface area (Å²) in [5, 5.41) is 2.91. The summed E-state index contributed by atoms with van der Waals surface area (Å²) in [7, 11) is 1.72. The normalized spacial score (nSPS) is 24.4. The molecule has 7 nitrogen and oxygen atoms in total. The highest BCUT2D eigenvalue weighted by atomic mass is 16.5. The lowest BCUT2D eigenvalue weighted by atomic mass is 9.75. The van der Waals surface area contributed by atoms with Crippen molar-refractivity contribution in [2.24, 2.45) is 11.8 Å². The van der Waals surface area contributed by atoms with Crippen LogP contribution < -0.4 is 10.2 Å². The van der Waals surface area contributed by atoms with Crippen LogP contribution in [0.25, 0.3) is 0 Å². The number of ether oxygens (including phenoxy) is 1. The van der Waals surface area contributed by atoms with Gasteiger partial charge in [0.05, 0.1) is 26.3 Å². The summed E-state index contributed by atoms with van der Waals surface area (Å²) in [5.74, 6) is 1.47. The summed E-state index contributed by atoms with van der Waals surface area (Å²) in [6.07, 6.45) is 6.57. The molecule has 2 saturated heterocycles. The molecule has 0 aromatic heterocycles. The molecule has 2 aliphatic heterocycles. The number of carbonyl (C=O) groups is 2. The van der Waals surface area contributed by atoms with E-state index in [1.165, 1.54) is 32.1 Å². The molecule has 2 heterocycles. The average Bonchev–Trinajstić information content (AvgIpc) is 2.80. The molecule has 1 saturated carbocycles. The van der Waals surface area contributed by atoms with Crippen LogP contribution in [0.1, 0.15) is 32.1 Å². The van der Waals surface area contributed by atoms with Crippen LogP contribution >= 0.6 is 0 Å². The lowest BCUT2D eigenvalue weighted by Crippen LogP contribution is -2.47. The Morgan fingerprint density at radius 3 is 2.48 bits per heavy atom. The second-order valence-electron chi connectivity index (χ2n) is 9.27. The predicted molar refractivity (Wildman–Crippen MR) is 122 cm³/mol. The first-order chi connectivity index (χ1) is 15.1. The molecule has 1 N–H and O–H groups in total. The number of nitrogens with one attached hydrogen (secondary N) is 1. The van der Waals surface area contributed by atoms with Gasteiger partial charge in [0.15, 0.2) is 0 Å². The van der Waals surface area contributed by atoms with Gasteiger partial charge in [-0.25, -0.2) is 0 Å². The number of rotatable bonds is 6. The van der Waals surface area contributed by atoms with Gasteiger partial charge >= 0.3 is 0 Å². The van der Waals surface area contributed by atoms with Crippen LogP contribution in [-0.4, -0.2) is 81.1 Å². The Labute approximate surface area is 185 Å². The molecule has 0 unspecified atom stereocenters. The second kappa shape index (κ2) is 10.5. The Balaban J connectivity index is 1.21. The fraction of sp³-hybridized carbons (Fsp3) is 0.667. The first kappa shape index (κ1) is 22.1. The quantitative estimate of drug-likeness (QED) is 0.754. The fourth-order valence-corrected chi connectivity index (χ4v) is 5.21. The molecule has 1 aromatic carbocycles. The third-order valence-electron chi connectivity index (χ3n) is 7.07. The third-order valence-corrected chi connectivity index (χ3v) is 7.07. The number of morpholine rings is 1. The first-order valence-electron chi connectivity index (χ1n) is 11.8. The maximum Gasteiger partial charge on any atom is 0.243 e. The molecule has 170 valence electrons. The number of likely N-dealkylation sites (N-methyl/N-ethyl adjacent to an activating group) is 1. The molecule has 2 amide bonds. The number of anilines is 2. The molecule has 2 atom stereocenters. The van der Waals surface area contributed by atoms with Crippen LogP contribution in [0, 0.1) is 11.8 Å². The molecule has 7 heteroatoms. The van der Waals surface area contributed by atoms with Crippen molar-refractivity contribution in [3.63, 3.8) is 0 Å². The number of hydrogen-bond donors (Lipinski definition) is 1. The predicted octanol–water partition coefficient (Wildman–Crippen LogP) is 2.43. The van der Waals surface area contributed by atoms with Crippen molar-refractivity contribution in [2.75, 3.05) is 69.7 Å². The zero-order valence-electron chi connectivity index (χ0n) is 18.7. The monoisotopic (exact) mass is 428 g/mol. The smallest absolute Gasteiger partial charge is 0.243 e. The number of benzene rings is 1. The maximum absolute atomic E-state index is 12.7. The number of fused-ring (bicyclic) bond motifs is 1. The lowest BCUT2D eigenvalue weighted by molar-refractivity contribution is -0.135. The van der Waals surface area contributed by atoms with Crippen molar-refractivity contribution >= 4 is 23.2 Å². The van der Waals surface area contributed by atoms with Crippen LogP contribution in [0.15, 0.2) is 24.3 Å². The molecule has 1 aromatic rings. The van der Waals surface area contributed by atoms with Crippen LogP contribution in [0.5, 0.6) is 0 Å². The Morgan fingerprint density at radius 2 is 1.74 bits per heavy atom. The molecule has 31 heavy (non-hydrogen) atoms. The zero-order valence-corrected chi connectivity index (χ0v) is 18.7. The van der Waals surface area contributed by atoms with Gasteiger partial charge < -0.3 is 19.9 Å². The van der Waals surface area contributed by atoms with Crippen molar-refractivity contribution < 1.29 is 14.3 Å². The summed E-state index contributed by atoms with van der Waals surface area (Å²) >= 11 is 0. The Kier molecular flexibility index (Phi) is 7.45. The summed E-state index contributed by atoms with van der Waals surface area (Å²) in [6, 6.07) is 7.87. The van der Waals surface area contributed by atoms with Gasteiger partial charge in [-0.2, -0.15) is 0 Å². The molecule has 4 rings (SSSR count). The van der Waals surface area contributed by atoms with E-state index in [0.29, 0.717) is 6.54 Å². The van der Waals surface area contributed by atoms with Gasteiger partial charge in [-0.05, 0) is 55.5 Å². The number of carbonyl (C=O) groups excluding carboxylic acids is 2. The lowest BCUT2D eigenvalue weighted by Gasteiger charge is -2.41. The van der Waals surface area contributed by atoms with E-state index in [9.17, 15) is 9.59 Å². The highest BCUT2D eigenvalue weighted by Crippen LogP contribution is 2.35. The van der Waals surface area contributed by atoms with Gasteiger partial charge in [0.25, 0.3) is 0 Å². The molecule has 3 fully saturated rings. The number of hydrogen-bond acceptors (Lipinski definition) is 5. The van der Waals surface area contributed by atoms with Gasteiger partial charge in [0, 0.05) is 38.1 Å². The van der Waals surface area contributed by atoms with Crippen LogP contribution in [0.3, 0.4) is 0 Å². The summed E-state index contributed by atoms with van der Waals surface area (Å²) in [6.45, 7) is 5.79. The Bertz CT molecular complexity index is 748. The van der Waals surface area contributed by atoms with Gasteiger partial charge in [-0.15, -0.1) is 0 Å². The van der Waals surface area contributed by atoms with E-state index in [0.717, 1.165) is 62.6 Å². The minimum absolute atomic E-state index is 0.0204. The largest absolute Gasteiger partial charge is 0.378 e. The van der Waals surface area contributed by atoms with E-state index < -0.39 is 0 Å². The minimum atomic E-state index is -0.166.